The number of amides is 2. The van der Waals surface area contributed by atoms with Gasteiger partial charge >= 0.3 is 0 Å². The minimum atomic E-state index is -0.984. The monoisotopic (exact) mass is 439 g/mol. The standard InChI is InChI=1S/C25H33N3O4/c1-25(24(30)26-18-7-4-3-5-8-18)16-27-21-14-19(31-2)11-10-17(21)13-22(27)23(29)28(25)15-20-9-6-12-32-20/h10-11,13-14,18,20H,3-9,12,15-16H2,1-2H3,(H,26,30)/t20-,25+/m0/s1. The van der Waals surface area contributed by atoms with Crippen molar-refractivity contribution in [3.63, 3.8) is 0 Å². The lowest BCUT2D eigenvalue weighted by Gasteiger charge is -2.45. The van der Waals surface area contributed by atoms with Gasteiger partial charge in [-0.05, 0) is 50.8 Å². The van der Waals surface area contributed by atoms with Gasteiger partial charge in [-0.15, -0.1) is 0 Å². The number of methoxy groups -OCH3 is 1. The third-order valence-electron chi connectivity index (χ3n) is 7.48. The number of nitrogens with one attached hydrogen (secondary N) is 1. The van der Waals surface area contributed by atoms with E-state index in [1.165, 1.54) is 6.42 Å². The molecule has 2 aliphatic heterocycles. The Morgan fingerprint density at radius 2 is 2.00 bits per heavy atom. The first kappa shape index (κ1) is 21.3. The van der Waals surface area contributed by atoms with Gasteiger partial charge in [-0.3, -0.25) is 9.59 Å². The van der Waals surface area contributed by atoms with Crippen LogP contribution < -0.4 is 10.1 Å². The van der Waals surface area contributed by atoms with Gasteiger partial charge in [-0.25, -0.2) is 0 Å². The van der Waals surface area contributed by atoms with Crippen molar-refractivity contribution in [2.45, 2.75) is 76.1 Å². The SMILES string of the molecule is COc1ccc2cc3n(c2c1)C[C@](C)(C(=O)NC1CCCCC1)N(C[C@@H]1CCCO1)C3=O. The molecule has 5 rings (SSSR count). The van der Waals surface area contributed by atoms with Crippen molar-refractivity contribution >= 4 is 22.7 Å². The summed E-state index contributed by atoms with van der Waals surface area (Å²) < 4.78 is 13.3. The van der Waals surface area contributed by atoms with Crippen molar-refractivity contribution in [2.75, 3.05) is 20.3 Å². The molecule has 1 saturated carbocycles. The maximum absolute atomic E-state index is 13.8. The molecule has 32 heavy (non-hydrogen) atoms. The third kappa shape index (κ3) is 3.66. The van der Waals surface area contributed by atoms with Crippen LogP contribution in [0.4, 0.5) is 0 Å². The van der Waals surface area contributed by atoms with Gasteiger partial charge in [-0.1, -0.05) is 19.3 Å². The van der Waals surface area contributed by atoms with Gasteiger partial charge in [0, 0.05) is 30.6 Å². The molecule has 1 saturated heterocycles. The highest BCUT2D eigenvalue weighted by Crippen LogP contribution is 2.35. The van der Waals surface area contributed by atoms with Crippen LogP contribution in [0.15, 0.2) is 24.3 Å². The molecule has 172 valence electrons. The lowest BCUT2D eigenvalue weighted by atomic mass is 9.91. The molecule has 0 spiro atoms. The Hall–Kier alpha value is -2.54. The first-order valence-electron chi connectivity index (χ1n) is 11.9. The second-order valence-electron chi connectivity index (χ2n) is 9.67. The van der Waals surface area contributed by atoms with Crippen LogP contribution >= 0.6 is 0 Å². The summed E-state index contributed by atoms with van der Waals surface area (Å²) in [7, 11) is 1.64. The quantitative estimate of drug-likeness (QED) is 0.774. The first-order chi connectivity index (χ1) is 15.5. The van der Waals surface area contributed by atoms with E-state index in [0.717, 1.165) is 61.8 Å². The van der Waals surface area contributed by atoms with Gasteiger partial charge in [0.1, 0.15) is 17.0 Å². The molecule has 3 heterocycles. The summed E-state index contributed by atoms with van der Waals surface area (Å²) in [5, 5.41) is 4.26. The lowest BCUT2D eigenvalue weighted by Crippen LogP contribution is -2.66. The molecule has 2 atom stereocenters. The van der Waals surface area contributed by atoms with Crippen molar-refractivity contribution in [2.24, 2.45) is 0 Å². The van der Waals surface area contributed by atoms with E-state index in [1.807, 2.05) is 35.8 Å². The van der Waals surface area contributed by atoms with Crippen molar-refractivity contribution < 1.29 is 19.1 Å². The summed E-state index contributed by atoms with van der Waals surface area (Å²) in [6.07, 6.45) is 7.44. The Bertz CT molecular complexity index is 1020. The Kier molecular flexibility index (Phi) is 5.61. The second-order valence-corrected chi connectivity index (χ2v) is 9.67. The van der Waals surface area contributed by atoms with Crippen LogP contribution in [0.1, 0.15) is 62.4 Å². The Balaban J connectivity index is 1.53. The van der Waals surface area contributed by atoms with Crippen LogP contribution in [0.25, 0.3) is 10.9 Å². The van der Waals surface area contributed by atoms with Gasteiger partial charge in [0.05, 0.1) is 25.3 Å². The molecule has 2 fully saturated rings. The predicted molar refractivity (Wildman–Crippen MR) is 122 cm³/mol. The van der Waals surface area contributed by atoms with Crippen LogP contribution in [0, 0.1) is 0 Å². The van der Waals surface area contributed by atoms with E-state index in [4.69, 9.17) is 9.47 Å². The number of benzene rings is 1. The summed E-state index contributed by atoms with van der Waals surface area (Å²) in [6, 6.07) is 7.93. The molecule has 1 aromatic heterocycles. The fraction of sp³-hybridized carbons (Fsp3) is 0.600. The van der Waals surface area contributed by atoms with E-state index in [2.05, 4.69) is 5.32 Å². The largest absolute Gasteiger partial charge is 0.497 e. The third-order valence-corrected chi connectivity index (χ3v) is 7.48. The average molecular weight is 440 g/mol. The summed E-state index contributed by atoms with van der Waals surface area (Å²) in [6.45, 7) is 3.49. The van der Waals surface area contributed by atoms with Gasteiger partial charge in [0.2, 0.25) is 5.91 Å². The van der Waals surface area contributed by atoms with Crippen LogP contribution in [0.3, 0.4) is 0 Å². The zero-order valence-electron chi connectivity index (χ0n) is 19.1. The van der Waals surface area contributed by atoms with Gasteiger partial charge in [0.25, 0.3) is 5.91 Å². The average Bonchev–Trinajstić information content (AvgIpc) is 3.45. The van der Waals surface area contributed by atoms with Gasteiger partial charge in [0.15, 0.2) is 0 Å². The van der Waals surface area contributed by atoms with Crippen molar-refractivity contribution in [3.8, 4) is 5.75 Å². The van der Waals surface area contributed by atoms with Crippen LogP contribution in [0.5, 0.6) is 5.75 Å². The van der Waals surface area contributed by atoms with E-state index in [0.29, 0.717) is 18.8 Å². The summed E-state index contributed by atoms with van der Waals surface area (Å²) in [5.74, 6) is 0.565. The smallest absolute Gasteiger partial charge is 0.271 e. The molecule has 1 N–H and O–H groups in total. The maximum atomic E-state index is 13.8. The van der Waals surface area contributed by atoms with E-state index in [1.54, 1.807) is 12.0 Å². The number of nitrogens with zero attached hydrogens (tertiary/aromatic N) is 2. The number of hydrogen-bond acceptors (Lipinski definition) is 4. The molecule has 0 unspecified atom stereocenters. The van der Waals surface area contributed by atoms with Crippen LogP contribution in [0.2, 0.25) is 0 Å². The molecule has 2 amide bonds. The van der Waals surface area contributed by atoms with Crippen LogP contribution in [-0.4, -0.2) is 59.2 Å². The molecule has 0 bridgehead atoms. The van der Waals surface area contributed by atoms with Crippen molar-refractivity contribution in [1.82, 2.24) is 14.8 Å². The van der Waals surface area contributed by atoms with Crippen LogP contribution in [-0.2, 0) is 16.1 Å². The molecule has 7 nitrogen and oxygen atoms in total. The summed E-state index contributed by atoms with van der Waals surface area (Å²) in [4.78, 5) is 29.3. The zero-order valence-corrected chi connectivity index (χ0v) is 19.1. The number of fused-ring (bicyclic) bond motifs is 3. The Morgan fingerprint density at radius 3 is 2.72 bits per heavy atom. The number of carbonyl (C=O) groups excluding carboxylic acids is 2. The minimum Gasteiger partial charge on any atom is -0.497 e. The lowest BCUT2D eigenvalue weighted by molar-refractivity contribution is -0.134. The number of aromatic nitrogens is 1. The predicted octanol–water partition coefficient (Wildman–Crippen LogP) is 3.49. The number of hydrogen-bond donors (Lipinski definition) is 1. The fourth-order valence-electron chi connectivity index (χ4n) is 5.52. The van der Waals surface area contributed by atoms with Gasteiger partial charge in [-0.2, -0.15) is 0 Å². The molecular formula is C25H33N3O4. The molecule has 7 heteroatoms. The molecule has 1 aromatic carbocycles. The number of rotatable bonds is 5. The van der Waals surface area contributed by atoms with Gasteiger partial charge < -0.3 is 24.3 Å². The Labute approximate surface area is 189 Å². The second kappa shape index (κ2) is 8.43. The fourth-order valence-corrected chi connectivity index (χ4v) is 5.52. The highest BCUT2D eigenvalue weighted by molar-refractivity contribution is 6.03. The number of carbonyl (C=O) groups is 2. The van der Waals surface area contributed by atoms with E-state index < -0.39 is 5.54 Å². The van der Waals surface area contributed by atoms with E-state index >= 15 is 0 Å². The molecule has 2 aromatic rings. The molecular weight excluding hydrogens is 406 g/mol. The number of ether oxygens (including phenoxy) is 2. The summed E-state index contributed by atoms with van der Waals surface area (Å²) >= 11 is 0. The molecule has 0 radical (unpaired) electrons. The highest BCUT2D eigenvalue weighted by Gasteiger charge is 2.49. The molecule has 1 aliphatic carbocycles. The first-order valence-corrected chi connectivity index (χ1v) is 11.9. The zero-order chi connectivity index (χ0) is 22.3. The van der Waals surface area contributed by atoms with Crippen molar-refractivity contribution in [1.29, 1.82) is 0 Å². The van der Waals surface area contributed by atoms with E-state index in [9.17, 15) is 9.59 Å². The minimum absolute atomic E-state index is 0.0169. The molecule has 3 aliphatic rings. The summed E-state index contributed by atoms with van der Waals surface area (Å²) in [5.41, 5.74) is 0.554. The van der Waals surface area contributed by atoms with E-state index in [-0.39, 0.29) is 24.0 Å². The van der Waals surface area contributed by atoms with Crippen molar-refractivity contribution in [3.05, 3.63) is 30.0 Å². The normalized spacial score (nSPS) is 26.4. The Morgan fingerprint density at radius 1 is 1.19 bits per heavy atom. The maximum Gasteiger partial charge on any atom is 0.271 e. The topological polar surface area (TPSA) is 72.8 Å². The highest BCUT2D eigenvalue weighted by atomic mass is 16.5.